The summed E-state index contributed by atoms with van der Waals surface area (Å²) in [6.07, 6.45) is -4.51. The monoisotopic (exact) mass is 363 g/mol. The van der Waals surface area contributed by atoms with E-state index >= 15 is 0 Å². The Balaban J connectivity index is 2.48. The molecule has 0 saturated carbocycles. The molecule has 0 aliphatic carbocycles. The summed E-state index contributed by atoms with van der Waals surface area (Å²) in [6.45, 7) is 3.71. The molecule has 0 radical (unpaired) electrons. The lowest BCUT2D eigenvalue weighted by molar-refractivity contribution is -0.137. The second kappa shape index (κ2) is 5.76. The summed E-state index contributed by atoms with van der Waals surface area (Å²) in [6, 6.07) is 3.25. The molecule has 0 saturated heterocycles. The Kier molecular flexibility index (Phi) is 4.38. The van der Waals surface area contributed by atoms with Crippen LogP contribution in [0, 0.1) is 5.92 Å². The van der Waals surface area contributed by atoms with Crippen LogP contribution in [0.3, 0.4) is 0 Å². The molecule has 8 heteroatoms. The zero-order valence-electron chi connectivity index (χ0n) is 11.3. The van der Waals surface area contributed by atoms with Crippen molar-refractivity contribution >= 4 is 15.9 Å². The molecule has 114 valence electrons. The molecular weight excluding hydrogens is 351 g/mol. The van der Waals surface area contributed by atoms with E-state index in [0.29, 0.717) is 4.47 Å². The second-order valence-electron chi connectivity index (χ2n) is 4.91. The van der Waals surface area contributed by atoms with E-state index in [4.69, 9.17) is 10.3 Å². The molecule has 0 aliphatic rings. The molecule has 0 bridgehead atoms. The van der Waals surface area contributed by atoms with Crippen LogP contribution in [0.1, 0.15) is 31.3 Å². The maximum Gasteiger partial charge on any atom is 0.417 e. The van der Waals surface area contributed by atoms with Gasteiger partial charge in [-0.2, -0.15) is 18.2 Å². The van der Waals surface area contributed by atoms with Crippen LogP contribution in [0.4, 0.5) is 13.2 Å². The van der Waals surface area contributed by atoms with Crippen LogP contribution in [0.5, 0.6) is 0 Å². The Labute approximate surface area is 127 Å². The van der Waals surface area contributed by atoms with E-state index in [1.807, 2.05) is 13.8 Å². The summed E-state index contributed by atoms with van der Waals surface area (Å²) in [5.74, 6) is 0.0299. The maximum absolute atomic E-state index is 13.1. The van der Waals surface area contributed by atoms with Crippen molar-refractivity contribution in [2.45, 2.75) is 26.1 Å². The van der Waals surface area contributed by atoms with E-state index in [-0.39, 0.29) is 23.2 Å². The quantitative estimate of drug-likeness (QED) is 0.888. The number of aromatic nitrogens is 2. The van der Waals surface area contributed by atoms with Crippen LogP contribution in [0.25, 0.3) is 11.4 Å². The summed E-state index contributed by atoms with van der Waals surface area (Å²) in [5.41, 5.74) is 4.88. The third kappa shape index (κ3) is 3.44. The number of halogens is 4. The smallest absolute Gasteiger partial charge is 0.337 e. The molecule has 0 unspecified atom stereocenters. The SMILES string of the molecule is CC(C)[C@H](N)c1nc(-c2ccc(Br)cc2C(F)(F)F)no1. The maximum atomic E-state index is 13.1. The van der Waals surface area contributed by atoms with Crippen molar-refractivity contribution in [3.8, 4) is 11.4 Å². The molecule has 1 heterocycles. The molecule has 4 nitrogen and oxygen atoms in total. The highest BCUT2D eigenvalue weighted by molar-refractivity contribution is 9.10. The lowest BCUT2D eigenvalue weighted by Crippen LogP contribution is -2.17. The number of nitrogens with zero attached hydrogens (tertiary/aromatic N) is 2. The van der Waals surface area contributed by atoms with Gasteiger partial charge in [-0.05, 0) is 24.1 Å². The first-order chi connectivity index (χ1) is 9.70. The van der Waals surface area contributed by atoms with E-state index in [9.17, 15) is 13.2 Å². The van der Waals surface area contributed by atoms with Crippen molar-refractivity contribution in [2.75, 3.05) is 0 Å². The van der Waals surface area contributed by atoms with Gasteiger partial charge in [-0.15, -0.1) is 0 Å². The first-order valence-electron chi connectivity index (χ1n) is 6.16. The van der Waals surface area contributed by atoms with Gasteiger partial charge in [0.25, 0.3) is 0 Å². The standard InChI is InChI=1S/C13H13BrF3N3O/c1-6(2)10(18)12-19-11(20-21-12)8-4-3-7(14)5-9(8)13(15,16)17/h3-6,10H,18H2,1-2H3/t10-/m0/s1. The van der Waals surface area contributed by atoms with Gasteiger partial charge in [0.1, 0.15) is 0 Å². The molecule has 2 N–H and O–H groups in total. The fourth-order valence-corrected chi connectivity index (χ4v) is 2.07. The fourth-order valence-electron chi connectivity index (χ4n) is 1.71. The lowest BCUT2D eigenvalue weighted by atomic mass is 10.1. The van der Waals surface area contributed by atoms with Gasteiger partial charge in [0.05, 0.1) is 11.6 Å². The van der Waals surface area contributed by atoms with E-state index in [0.717, 1.165) is 6.07 Å². The fraction of sp³-hybridized carbons (Fsp3) is 0.385. The highest BCUT2D eigenvalue weighted by atomic mass is 79.9. The van der Waals surface area contributed by atoms with Crippen LogP contribution < -0.4 is 5.73 Å². The number of rotatable bonds is 3. The van der Waals surface area contributed by atoms with Crippen LogP contribution in [0.2, 0.25) is 0 Å². The van der Waals surface area contributed by atoms with Gasteiger partial charge in [-0.25, -0.2) is 0 Å². The van der Waals surface area contributed by atoms with Gasteiger partial charge in [0.2, 0.25) is 11.7 Å². The van der Waals surface area contributed by atoms with Crippen molar-refractivity contribution in [2.24, 2.45) is 11.7 Å². The van der Waals surface area contributed by atoms with Gasteiger partial charge in [-0.1, -0.05) is 34.9 Å². The normalized spacial score (nSPS) is 13.7. The number of nitrogens with two attached hydrogens (primary N) is 1. The number of benzene rings is 1. The third-order valence-corrected chi connectivity index (χ3v) is 3.47. The zero-order valence-corrected chi connectivity index (χ0v) is 12.9. The van der Waals surface area contributed by atoms with Crippen LogP contribution >= 0.6 is 15.9 Å². The molecule has 1 aromatic carbocycles. The summed E-state index contributed by atoms with van der Waals surface area (Å²) < 4.78 is 44.5. The Hall–Kier alpha value is -1.41. The second-order valence-corrected chi connectivity index (χ2v) is 5.83. The number of hydrogen-bond acceptors (Lipinski definition) is 4. The Bertz CT molecular complexity index is 640. The van der Waals surface area contributed by atoms with E-state index in [1.54, 1.807) is 0 Å². The van der Waals surface area contributed by atoms with Crippen LogP contribution in [0.15, 0.2) is 27.2 Å². The average molecular weight is 364 g/mol. The van der Waals surface area contributed by atoms with Crippen molar-refractivity contribution in [3.05, 3.63) is 34.1 Å². The Morgan fingerprint density at radius 3 is 2.52 bits per heavy atom. The number of hydrogen-bond donors (Lipinski definition) is 1. The molecule has 0 fully saturated rings. The minimum Gasteiger partial charge on any atom is -0.337 e. The third-order valence-electron chi connectivity index (χ3n) is 2.97. The molecule has 0 aliphatic heterocycles. The molecule has 2 aromatic rings. The van der Waals surface area contributed by atoms with E-state index in [2.05, 4.69) is 26.1 Å². The van der Waals surface area contributed by atoms with Crippen molar-refractivity contribution in [1.82, 2.24) is 10.1 Å². The van der Waals surface area contributed by atoms with Crippen molar-refractivity contribution in [3.63, 3.8) is 0 Å². The van der Waals surface area contributed by atoms with Gasteiger partial charge >= 0.3 is 6.18 Å². The largest absolute Gasteiger partial charge is 0.417 e. The van der Waals surface area contributed by atoms with Gasteiger partial charge in [-0.3, -0.25) is 0 Å². The van der Waals surface area contributed by atoms with Crippen molar-refractivity contribution in [1.29, 1.82) is 0 Å². The lowest BCUT2D eigenvalue weighted by Gasteiger charge is -2.11. The Morgan fingerprint density at radius 2 is 1.95 bits per heavy atom. The molecule has 0 amide bonds. The van der Waals surface area contributed by atoms with Crippen LogP contribution in [-0.4, -0.2) is 10.1 Å². The molecule has 1 atom stereocenters. The van der Waals surface area contributed by atoms with Crippen molar-refractivity contribution < 1.29 is 17.7 Å². The van der Waals surface area contributed by atoms with Gasteiger partial charge < -0.3 is 10.3 Å². The predicted molar refractivity (Wildman–Crippen MR) is 74.2 cm³/mol. The molecule has 21 heavy (non-hydrogen) atoms. The molecular formula is C13H13BrF3N3O. The average Bonchev–Trinajstić information content (AvgIpc) is 2.86. The summed E-state index contributed by atoms with van der Waals surface area (Å²) >= 11 is 3.02. The molecule has 2 rings (SSSR count). The molecule has 0 spiro atoms. The Morgan fingerprint density at radius 1 is 1.29 bits per heavy atom. The van der Waals surface area contributed by atoms with Crippen LogP contribution in [-0.2, 0) is 6.18 Å². The molecule has 1 aromatic heterocycles. The first kappa shape index (κ1) is 16.0. The summed E-state index contributed by atoms with van der Waals surface area (Å²) in [7, 11) is 0. The zero-order chi connectivity index (χ0) is 15.8. The summed E-state index contributed by atoms with van der Waals surface area (Å²) in [5, 5.41) is 3.61. The minimum absolute atomic E-state index is 0.0327. The number of alkyl halides is 3. The predicted octanol–water partition coefficient (Wildman–Crippen LogP) is 4.17. The minimum atomic E-state index is -4.51. The highest BCUT2D eigenvalue weighted by Gasteiger charge is 2.35. The first-order valence-corrected chi connectivity index (χ1v) is 6.95. The van der Waals surface area contributed by atoms with E-state index < -0.39 is 17.8 Å². The highest BCUT2D eigenvalue weighted by Crippen LogP contribution is 2.38. The van der Waals surface area contributed by atoms with E-state index in [1.165, 1.54) is 12.1 Å². The van der Waals surface area contributed by atoms with Gasteiger partial charge in [0, 0.05) is 10.0 Å². The topological polar surface area (TPSA) is 64.9 Å². The summed E-state index contributed by atoms with van der Waals surface area (Å²) in [4.78, 5) is 3.99. The van der Waals surface area contributed by atoms with Gasteiger partial charge in [0.15, 0.2) is 0 Å².